The molecule has 84 valence electrons. The third-order valence-electron chi connectivity index (χ3n) is 1.90. The zero-order valence-electron chi connectivity index (χ0n) is 8.89. The molecule has 0 amide bonds. The van der Waals surface area contributed by atoms with E-state index in [1.165, 1.54) is 12.1 Å². The summed E-state index contributed by atoms with van der Waals surface area (Å²) >= 11 is 0. The average Bonchev–Trinajstić information content (AvgIpc) is 2.19. The molecule has 1 aromatic rings. The minimum absolute atomic E-state index is 0.0850. The molecule has 1 N–H and O–H groups in total. The van der Waals surface area contributed by atoms with Crippen LogP contribution in [0.4, 0.5) is 8.78 Å². The molecule has 0 heterocycles. The lowest BCUT2D eigenvalue weighted by Gasteiger charge is -2.15. The second-order valence-corrected chi connectivity index (χ2v) is 3.31. The van der Waals surface area contributed by atoms with Crippen molar-refractivity contribution in [3.8, 4) is 5.75 Å². The maximum Gasteiger partial charge on any atom is 0.167 e. The summed E-state index contributed by atoms with van der Waals surface area (Å²) in [6.45, 7) is 5.27. The van der Waals surface area contributed by atoms with Crippen LogP contribution in [0.15, 0.2) is 18.2 Å². The second-order valence-electron chi connectivity index (χ2n) is 3.31. The van der Waals surface area contributed by atoms with Crippen molar-refractivity contribution in [3.05, 3.63) is 29.8 Å². The Hall–Kier alpha value is -1.16. The van der Waals surface area contributed by atoms with E-state index in [1.807, 2.05) is 13.8 Å². The minimum Gasteiger partial charge on any atom is -0.486 e. The van der Waals surface area contributed by atoms with E-state index in [9.17, 15) is 8.78 Å². The van der Waals surface area contributed by atoms with Gasteiger partial charge < -0.3 is 10.1 Å². The largest absolute Gasteiger partial charge is 0.486 e. The Morgan fingerprint density at radius 3 is 2.73 bits per heavy atom. The van der Waals surface area contributed by atoms with Gasteiger partial charge in [0.25, 0.3) is 0 Å². The maximum absolute atomic E-state index is 13.1. The molecule has 2 nitrogen and oxygen atoms in total. The summed E-state index contributed by atoms with van der Waals surface area (Å²) in [7, 11) is 0. The summed E-state index contributed by atoms with van der Waals surface area (Å²) in [5.74, 6) is -1.18. The predicted molar refractivity (Wildman–Crippen MR) is 55.0 cm³/mol. The van der Waals surface area contributed by atoms with Crippen molar-refractivity contribution in [3.63, 3.8) is 0 Å². The highest BCUT2D eigenvalue weighted by Crippen LogP contribution is 2.18. The van der Waals surface area contributed by atoms with Crippen LogP contribution < -0.4 is 10.1 Å². The van der Waals surface area contributed by atoms with E-state index >= 15 is 0 Å². The average molecular weight is 215 g/mol. The molecule has 0 aliphatic rings. The molecule has 1 rings (SSSR count). The van der Waals surface area contributed by atoms with Gasteiger partial charge in [0.2, 0.25) is 0 Å². The van der Waals surface area contributed by atoms with Gasteiger partial charge in [-0.15, -0.1) is 0 Å². The Balaban J connectivity index is 2.56. The predicted octanol–water partition coefficient (Wildman–Crippen LogP) is 2.34. The molecule has 1 aromatic carbocycles. The molecular formula is C11H15F2NO. The van der Waals surface area contributed by atoms with Crippen LogP contribution in [0.3, 0.4) is 0 Å². The molecule has 0 aromatic heterocycles. The summed E-state index contributed by atoms with van der Waals surface area (Å²) in [5, 5.41) is 3.08. The molecule has 0 fully saturated rings. The van der Waals surface area contributed by atoms with Gasteiger partial charge >= 0.3 is 0 Å². The molecular weight excluding hydrogens is 200 g/mol. The summed E-state index contributed by atoms with van der Waals surface area (Å²) < 4.78 is 31.0. The van der Waals surface area contributed by atoms with E-state index in [0.717, 1.165) is 12.6 Å². The highest BCUT2D eigenvalue weighted by Gasteiger charge is 2.08. The van der Waals surface area contributed by atoms with Crippen molar-refractivity contribution in [2.45, 2.75) is 20.0 Å². The Labute approximate surface area is 88.3 Å². The Morgan fingerprint density at radius 1 is 1.40 bits per heavy atom. The Morgan fingerprint density at radius 2 is 2.13 bits per heavy atom. The molecule has 0 aliphatic carbocycles. The van der Waals surface area contributed by atoms with Gasteiger partial charge in [-0.3, -0.25) is 0 Å². The highest BCUT2D eigenvalue weighted by molar-refractivity contribution is 5.24. The SMILES string of the molecule is CCNCC(C)Oc1ccc(F)cc1F. The van der Waals surface area contributed by atoms with Gasteiger partial charge in [0.05, 0.1) is 0 Å². The number of hydrogen-bond acceptors (Lipinski definition) is 2. The van der Waals surface area contributed by atoms with Gasteiger partial charge in [0.15, 0.2) is 11.6 Å². The van der Waals surface area contributed by atoms with E-state index in [2.05, 4.69) is 5.32 Å². The van der Waals surface area contributed by atoms with Crippen molar-refractivity contribution in [1.82, 2.24) is 5.32 Å². The topological polar surface area (TPSA) is 21.3 Å². The van der Waals surface area contributed by atoms with Crippen LogP contribution in [-0.4, -0.2) is 19.2 Å². The molecule has 0 aliphatic heterocycles. The fraction of sp³-hybridized carbons (Fsp3) is 0.455. The molecule has 0 bridgehead atoms. The van der Waals surface area contributed by atoms with Crippen LogP contribution in [0.2, 0.25) is 0 Å². The zero-order chi connectivity index (χ0) is 11.3. The molecule has 0 radical (unpaired) electrons. The second kappa shape index (κ2) is 5.66. The first-order valence-corrected chi connectivity index (χ1v) is 4.96. The molecule has 1 atom stereocenters. The first-order valence-electron chi connectivity index (χ1n) is 4.96. The van der Waals surface area contributed by atoms with Crippen molar-refractivity contribution in [2.24, 2.45) is 0 Å². The first-order chi connectivity index (χ1) is 7.13. The normalized spacial score (nSPS) is 12.5. The smallest absolute Gasteiger partial charge is 0.167 e. The third kappa shape index (κ3) is 3.83. The summed E-state index contributed by atoms with van der Waals surface area (Å²) in [6.07, 6.45) is -0.148. The lowest BCUT2D eigenvalue weighted by Crippen LogP contribution is -2.28. The number of rotatable bonds is 5. The van der Waals surface area contributed by atoms with Crippen molar-refractivity contribution >= 4 is 0 Å². The Kier molecular flexibility index (Phi) is 4.49. The van der Waals surface area contributed by atoms with E-state index in [1.54, 1.807) is 0 Å². The van der Waals surface area contributed by atoms with Crippen LogP contribution in [0.25, 0.3) is 0 Å². The molecule has 15 heavy (non-hydrogen) atoms. The van der Waals surface area contributed by atoms with Gasteiger partial charge in [-0.1, -0.05) is 6.92 Å². The van der Waals surface area contributed by atoms with Crippen molar-refractivity contribution < 1.29 is 13.5 Å². The fourth-order valence-corrected chi connectivity index (χ4v) is 1.18. The van der Waals surface area contributed by atoms with Crippen LogP contribution >= 0.6 is 0 Å². The van der Waals surface area contributed by atoms with Crippen LogP contribution in [-0.2, 0) is 0 Å². The first kappa shape index (κ1) is 11.9. The van der Waals surface area contributed by atoms with Crippen molar-refractivity contribution in [2.75, 3.05) is 13.1 Å². The molecule has 0 saturated carbocycles. The quantitative estimate of drug-likeness (QED) is 0.814. The van der Waals surface area contributed by atoms with E-state index < -0.39 is 11.6 Å². The molecule has 4 heteroatoms. The van der Waals surface area contributed by atoms with Gasteiger partial charge in [-0.25, -0.2) is 8.78 Å². The lowest BCUT2D eigenvalue weighted by atomic mass is 10.3. The number of hydrogen-bond donors (Lipinski definition) is 1. The van der Waals surface area contributed by atoms with Crippen LogP contribution in [0, 0.1) is 11.6 Å². The molecule has 0 saturated heterocycles. The summed E-state index contributed by atoms with van der Waals surface area (Å²) in [5.41, 5.74) is 0. The fourth-order valence-electron chi connectivity index (χ4n) is 1.18. The number of ether oxygens (including phenoxy) is 1. The maximum atomic E-state index is 13.1. The van der Waals surface area contributed by atoms with Crippen molar-refractivity contribution in [1.29, 1.82) is 0 Å². The van der Waals surface area contributed by atoms with Gasteiger partial charge in [-0.05, 0) is 25.6 Å². The number of likely N-dealkylation sites (N-methyl/N-ethyl adjacent to an activating group) is 1. The Bertz CT molecular complexity index is 317. The zero-order valence-corrected chi connectivity index (χ0v) is 8.89. The van der Waals surface area contributed by atoms with Crippen LogP contribution in [0.5, 0.6) is 5.75 Å². The summed E-state index contributed by atoms with van der Waals surface area (Å²) in [6, 6.07) is 3.29. The number of nitrogens with one attached hydrogen (secondary N) is 1. The van der Waals surface area contributed by atoms with Gasteiger partial charge in [-0.2, -0.15) is 0 Å². The molecule has 0 spiro atoms. The summed E-state index contributed by atoms with van der Waals surface area (Å²) in [4.78, 5) is 0. The molecule has 1 unspecified atom stereocenters. The van der Waals surface area contributed by atoms with Gasteiger partial charge in [0.1, 0.15) is 11.9 Å². The minimum atomic E-state index is -0.668. The van der Waals surface area contributed by atoms with E-state index in [-0.39, 0.29) is 11.9 Å². The highest BCUT2D eigenvalue weighted by atomic mass is 19.1. The standard InChI is InChI=1S/C11H15F2NO/c1-3-14-7-8(2)15-11-5-4-9(12)6-10(11)13/h4-6,8,14H,3,7H2,1-2H3. The van der Waals surface area contributed by atoms with Gasteiger partial charge in [0, 0.05) is 12.6 Å². The number of benzene rings is 1. The van der Waals surface area contributed by atoms with E-state index in [4.69, 9.17) is 4.74 Å². The van der Waals surface area contributed by atoms with Crippen LogP contribution in [0.1, 0.15) is 13.8 Å². The van der Waals surface area contributed by atoms with E-state index in [0.29, 0.717) is 6.54 Å². The number of halogens is 2. The monoisotopic (exact) mass is 215 g/mol. The lowest BCUT2D eigenvalue weighted by molar-refractivity contribution is 0.208. The third-order valence-corrected chi connectivity index (χ3v) is 1.90.